The van der Waals surface area contributed by atoms with Gasteiger partial charge in [-0.05, 0) is 48.5 Å². The highest BCUT2D eigenvalue weighted by Gasteiger charge is 2.12. The molecule has 0 bridgehead atoms. The quantitative estimate of drug-likeness (QED) is 0.514. The summed E-state index contributed by atoms with van der Waals surface area (Å²) >= 11 is 3.30. The first kappa shape index (κ1) is 20.0. The van der Waals surface area contributed by atoms with Gasteiger partial charge in [0.25, 0.3) is 5.91 Å². The number of carboxylic acid groups (broad SMARTS) is 1. The average Bonchev–Trinajstić information content (AvgIpc) is 2.65. The van der Waals surface area contributed by atoms with Gasteiger partial charge in [-0.15, -0.1) is 0 Å². The number of carboxylic acids is 1. The molecular formula is C19H15BrN2O5. The minimum absolute atomic E-state index is 0.163. The number of ether oxygens (including phenoxy) is 2. The second-order valence-electron chi connectivity index (χ2n) is 5.22. The van der Waals surface area contributed by atoms with Gasteiger partial charge in [0.2, 0.25) is 0 Å². The van der Waals surface area contributed by atoms with Crippen LogP contribution in [0.3, 0.4) is 0 Å². The molecule has 27 heavy (non-hydrogen) atoms. The topological polar surface area (TPSA) is 109 Å². The van der Waals surface area contributed by atoms with Gasteiger partial charge in [0.15, 0.2) is 6.61 Å². The maximum atomic E-state index is 12.4. The molecule has 2 aromatic rings. The molecule has 0 aromatic heterocycles. The van der Waals surface area contributed by atoms with Crippen molar-refractivity contribution in [3.63, 3.8) is 0 Å². The summed E-state index contributed by atoms with van der Waals surface area (Å²) in [7, 11) is 1.53. The van der Waals surface area contributed by atoms with E-state index in [9.17, 15) is 14.9 Å². The second-order valence-corrected chi connectivity index (χ2v) is 6.13. The lowest BCUT2D eigenvalue weighted by atomic mass is 10.1. The molecule has 0 unspecified atom stereocenters. The fraction of sp³-hybridized carbons (Fsp3) is 0.105. The van der Waals surface area contributed by atoms with Gasteiger partial charge in [0.05, 0.1) is 7.11 Å². The van der Waals surface area contributed by atoms with Crippen LogP contribution in [0.15, 0.2) is 52.5 Å². The SMILES string of the molecule is COc1ccc(NC(=O)/C(C#N)=C/c2cc(Br)ccc2OCC(=O)O)cc1. The van der Waals surface area contributed by atoms with E-state index in [4.69, 9.17) is 14.6 Å². The summed E-state index contributed by atoms with van der Waals surface area (Å²) in [6.45, 7) is -0.539. The number of amides is 1. The summed E-state index contributed by atoms with van der Waals surface area (Å²) < 4.78 is 10.9. The Labute approximate surface area is 164 Å². The van der Waals surface area contributed by atoms with Crippen molar-refractivity contribution in [3.8, 4) is 17.6 Å². The lowest BCUT2D eigenvalue weighted by Crippen LogP contribution is -2.13. The summed E-state index contributed by atoms with van der Waals surface area (Å²) in [6.07, 6.45) is 1.33. The molecule has 1 amide bonds. The summed E-state index contributed by atoms with van der Waals surface area (Å²) in [5.41, 5.74) is 0.731. The molecule has 0 saturated heterocycles. The largest absolute Gasteiger partial charge is 0.497 e. The predicted molar refractivity (Wildman–Crippen MR) is 102 cm³/mol. The summed E-state index contributed by atoms with van der Waals surface area (Å²) in [4.78, 5) is 23.1. The van der Waals surface area contributed by atoms with Gasteiger partial charge < -0.3 is 19.9 Å². The number of anilines is 1. The van der Waals surface area contributed by atoms with Crippen molar-refractivity contribution in [3.05, 3.63) is 58.1 Å². The molecule has 0 aliphatic carbocycles. The first-order valence-corrected chi connectivity index (χ1v) is 8.43. The van der Waals surface area contributed by atoms with E-state index in [1.807, 2.05) is 6.07 Å². The number of carbonyl (C=O) groups excluding carboxylic acids is 1. The smallest absolute Gasteiger partial charge is 0.341 e. The lowest BCUT2D eigenvalue weighted by Gasteiger charge is -2.09. The van der Waals surface area contributed by atoms with Crippen molar-refractivity contribution in [1.29, 1.82) is 5.26 Å². The highest BCUT2D eigenvalue weighted by molar-refractivity contribution is 9.10. The first-order valence-electron chi connectivity index (χ1n) is 7.64. The van der Waals surface area contributed by atoms with E-state index in [-0.39, 0.29) is 11.3 Å². The van der Waals surface area contributed by atoms with Gasteiger partial charge in [-0.25, -0.2) is 4.79 Å². The number of rotatable bonds is 7. The zero-order chi connectivity index (χ0) is 19.8. The molecule has 0 radical (unpaired) electrons. The van der Waals surface area contributed by atoms with E-state index in [0.29, 0.717) is 21.5 Å². The van der Waals surface area contributed by atoms with Crippen molar-refractivity contribution in [2.75, 3.05) is 19.0 Å². The van der Waals surface area contributed by atoms with Gasteiger partial charge in [-0.1, -0.05) is 15.9 Å². The van der Waals surface area contributed by atoms with E-state index >= 15 is 0 Å². The second kappa shape index (κ2) is 9.40. The zero-order valence-electron chi connectivity index (χ0n) is 14.2. The van der Waals surface area contributed by atoms with Gasteiger partial charge in [0.1, 0.15) is 23.1 Å². The van der Waals surface area contributed by atoms with Gasteiger partial charge in [-0.3, -0.25) is 4.79 Å². The average molecular weight is 431 g/mol. The summed E-state index contributed by atoms with van der Waals surface area (Å²) in [6, 6.07) is 13.3. The Kier molecular flexibility index (Phi) is 6.97. The van der Waals surface area contributed by atoms with Crippen LogP contribution in [0.2, 0.25) is 0 Å². The number of aliphatic carboxylic acids is 1. The van der Waals surface area contributed by atoms with E-state index in [0.717, 1.165) is 0 Å². The fourth-order valence-electron chi connectivity index (χ4n) is 2.08. The first-order chi connectivity index (χ1) is 12.9. The molecular weight excluding hydrogens is 416 g/mol. The third-order valence-electron chi connectivity index (χ3n) is 3.34. The maximum absolute atomic E-state index is 12.4. The summed E-state index contributed by atoms with van der Waals surface area (Å²) in [5.74, 6) is -0.860. The predicted octanol–water partition coefficient (Wildman–Crippen LogP) is 3.47. The van der Waals surface area contributed by atoms with Crippen LogP contribution >= 0.6 is 15.9 Å². The van der Waals surface area contributed by atoms with Crippen LogP contribution in [0, 0.1) is 11.3 Å². The number of halogens is 1. The fourth-order valence-corrected chi connectivity index (χ4v) is 2.46. The molecule has 138 valence electrons. The monoisotopic (exact) mass is 430 g/mol. The third kappa shape index (κ3) is 5.87. The van der Waals surface area contributed by atoms with Crippen LogP contribution in [-0.2, 0) is 9.59 Å². The third-order valence-corrected chi connectivity index (χ3v) is 3.83. The Hall–Kier alpha value is -3.31. The molecule has 0 fully saturated rings. The molecule has 0 atom stereocenters. The Morgan fingerprint density at radius 1 is 1.26 bits per heavy atom. The molecule has 2 N–H and O–H groups in total. The van der Waals surface area contributed by atoms with E-state index < -0.39 is 18.5 Å². The number of nitrogens with one attached hydrogen (secondary N) is 1. The molecule has 0 aliphatic heterocycles. The number of methoxy groups -OCH3 is 1. The number of carbonyl (C=O) groups is 2. The van der Waals surface area contributed by atoms with Gasteiger partial charge >= 0.3 is 5.97 Å². The van der Waals surface area contributed by atoms with Crippen LogP contribution in [0.25, 0.3) is 6.08 Å². The van der Waals surface area contributed by atoms with Crippen LogP contribution < -0.4 is 14.8 Å². The molecule has 2 aromatic carbocycles. The highest BCUT2D eigenvalue weighted by atomic mass is 79.9. The van der Waals surface area contributed by atoms with Crippen LogP contribution in [0.4, 0.5) is 5.69 Å². The molecule has 2 rings (SSSR count). The number of nitrogens with zero attached hydrogens (tertiary/aromatic N) is 1. The normalized spacial score (nSPS) is 10.6. The van der Waals surface area contributed by atoms with E-state index in [1.54, 1.807) is 42.5 Å². The molecule has 7 nitrogen and oxygen atoms in total. The van der Waals surface area contributed by atoms with Crippen molar-refractivity contribution in [2.45, 2.75) is 0 Å². The molecule has 0 spiro atoms. The number of hydrogen-bond acceptors (Lipinski definition) is 5. The number of hydrogen-bond donors (Lipinski definition) is 2. The van der Waals surface area contributed by atoms with Crippen molar-refractivity contribution in [1.82, 2.24) is 0 Å². The molecule has 0 saturated carbocycles. The van der Waals surface area contributed by atoms with Gasteiger partial charge in [0, 0.05) is 15.7 Å². The molecule has 8 heteroatoms. The van der Waals surface area contributed by atoms with Crippen molar-refractivity contribution >= 4 is 39.6 Å². The Balaban J connectivity index is 2.26. The lowest BCUT2D eigenvalue weighted by molar-refractivity contribution is -0.139. The minimum Gasteiger partial charge on any atom is -0.497 e. The van der Waals surface area contributed by atoms with Crippen LogP contribution in [0.1, 0.15) is 5.56 Å². The van der Waals surface area contributed by atoms with E-state index in [2.05, 4.69) is 21.2 Å². The van der Waals surface area contributed by atoms with Crippen molar-refractivity contribution in [2.24, 2.45) is 0 Å². The highest BCUT2D eigenvalue weighted by Crippen LogP contribution is 2.26. The maximum Gasteiger partial charge on any atom is 0.341 e. The minimum atomic E-state index is -1.13. The molecule has 0 heterocycles. The van der Waals surface area contributed by atoms with Crippen LogP contribution in [-0.4, -0.2) is 30.7 Å². The number of nitriles is 1. The standard InChI is InChI=1S/C19H15BrN2O5/c1-26-16-5-3-15(4-6-16)22-19(25)13(10-21)8-12-9-14(20)2-7-17(12)27-11-18(23)24/h2-9H,11H2,1H3,(H,22,25)(H,23,24)/b13-8+. The van der Waals surface area contributed by atoms with E-state index in [1.165, 1.54) is 13.2 Å². The van der Waals surface area contributed by atoms with Crippen molar-refractivity contribution < 1.29 is 24.2 Å². The Bertz CT molecular complexity index is 917. The Morgan fingerprint density at radius 3 is 2.56 bits per heavy atom. The Morgan fingerprint density at radius 2 is 1.96 bits per heavy atom. The zero-order valence-corrected chi connectivity index (χ0v) is 15.8. The molecule has 0 aliphatic rings. The summed E-state index contributed by atoms with van der Waals surface area (Å²) in [5, 5.41) is 20.7. The number of benzene rings is 2. The van der Waals surface area contributed by atoms with Crippen LogP contribution in [0.5, 0.6) is 11.5 Å². The van der Waals surface area contributed by atoms with Gasteiger partial charge in [-0.2, -0.15) is 5.26 Å².